The third-order valence-corrected chi connectivity index (χ3v) is 5.97. The van der Waals surface area contributed by atoms with Gasteiger partial charge in [-0.2, -0.15) is 0 Å². The van der Waals surface area contributed by atoms with Crippen LogP contribution in [0.25, 0.3) is 0 Å². The van der Waals surface area contributed by atoms with Gasteiger partial charge in [0.1, 0.15) is 11.6 Å². The first kappa shape index (κ1) is 19.3. The van der Waals surface area contributed by atoms with E-state index in [0.29, 0.717) is 12.1 Å². The number of nitrogens with zero attached hydrogens (tertiary/aromatic N) is 1. The molecule has 0 aliphatic carbocycles. The Kier molecular flexibility index (Phi) is 6.68. The topological polar surface area (TPSA) is 15.3 Å². The number of hydrogen-bond acceptors (Lipinski definition) is 3. The van der Waals surface area contributed by atoms with Crippen molar-refractivity contribution in [2.24, 2.45) is 0 Å². The number of piperazine rings is 1. The van der Waals surface area contributed by atoms with Crippen molar-refractivity contribution in [1.29, 1.82) is 0 Å². The van der Waals surface area contributed by atoms with E-state index >= 15 is 0 Å². The van der Waals surface area contributed by atoms with E-state index < -0.39 is 0 Å². The van der Waals surface area contributed by atoms with Crippen LogP contribution in [0.4, 0.5) is 8.78 Å². The zero-order valence-corrected chi connectivity index (χ0v) is 16.1. The van der Waals surface area contributed by atoms with Crippen molar-refractivity contribution < 1.29 is 8.78 Å². The molecule has 2 nitrogen and oxygen atoms in total. The van der Waals surface area contributed by atoms with Gasteiger partial charge in [0.15, 0.2) is 0 Å². The van der Waals surface area contributed by atoms with Crippen molar-refractivity contribution >= 4 is 11.8 Å². The van der Waals surface area contributed by atoms with Crippen LogP contribution in [-0.2, 0) is 0 Å². The molecule has 1 heterocycles. The SMILES string of the molecule is C[C@@H]1CN(CCSC(c2ccc(F)cc2)c2ccc(F)cc2)C[C@H](C)N1. The van der Waals surface area contributed by atoms with Gasteiger partial charge in [-0.3, -0.25) is 4.90 Å². The predicted octanol–water partition coefficient (Wildman–Crippen LogP) is 4.47. The molecule has 2 atom stereocenters. The average Bonchev–Trinajstić information content (AvgIpc) is 2.60. The van der Waals surface area contributed by atoms with Crippen LogP contribution in [-0.4, -0.2) is 42.4 Å². The first-order valence-electron chi connectivity index (χ1n) is 9.12. The zero-order valence-electron chi connectivity index (χ0n) is 15.3. The van der Waals surface area contributed by atoms with E-state index in [2.05, 4.69) is 24.1 Å². The van der Waals surface area contributed by atoms with Gasteiger partial charge in [-0.05, 0) is 49.2 Å². The monoisotopic (exact) mass is 376 g/mol. The molecule has 0 unspecified atom stereocenters. The molecule has 1 saturated heterocycles. The molecule has 1 N–H and O–H groups in total. The fourth-order valence-corrected chi connectivity index (χ4v) is 4.88. The first-order valence-corrected chi connectivity index (χ1v) is 10.2. The predicted molar refractivity (Wildman–Crippen MR) is 106 cm³/mol. The highest BCUT2D eigenvalue weighted by molar-refractivity contribution is 7.99. The van der Waals surface area contributed by atoms with E-state index in [1.807, 2.05) is 36.0 Å². The highest BCUT2D eigenvalue weighted by Gasteiger charge is 2.21. The Morgan fingerprint density at radius 2 is 1.38 bits per heavy atom. The van der Waals surface area contributed by atoms with Crippen LogP contribution >= 0.6 is 11.8 Å². The fourth-order valence-electron chi connectivity index (χ4n) is 3.58. The summed E-state index contributed by atoms with van der Waals surface area (Å²) >= 11 is 1.83. The number of halogens is 2. The average molecular weight is 377 g/mol. The summed E-state index contributed by atoms with van der Waals surface area (Å²) in [5.74, 6) is 0.500. The summed E-state index contributed by atoms with van der Waals surface area (Å²) in [4.78, 5) is 2.49. The summed E-state index contributed by atoms with van der Waals surface area (Å²) in [5.41, 5.74) is 2.09. The number of rotatable bonds is 6. The van der Waals surface area contributed by atoms with Gasteiger partial charge >= 0.3 is 0 Å². The van der Waals surface area contributed by atoms with Gasteiger partial charge in [-0.1, -0.05) is 24.3 Å². The van der Waals surface area contributed by atoms with E-state index in [1.54, 1.807) is 0 Å². The van der Waals surface area contributed by atoms with Crippen LogP contribution in [0.5, 0.6) is 0 Å². The van der Waals surface area contributed by atoms with Crippen molar-refractivity contribution in [3.05, 3.63) is 71.3 Å². The molecule has 0 saturated carbocycles. The van der Waals surface area contributed by atoms with Gasteiger partial charge in [0.25, 0.3) is 0 Å². The van der Waals surface area contributed by atoms with E-state index in [0.717, 1.165) is 36.5 Å². The van der Waals surface area contributed by atoms with Gasteiger partial charge in [0.05, 0.1) is 5.25 Å². The maximum absolute atomic E-state index is 13.3. The quantitative estimate of drug-likeness (QED) is 0.801. The molecule has 0 amide bonds. The molecule has 1 aliphatic heterocycles. The summed E-state index contributed by atoms with van der Waals surface area (Å²) in [6.45, 7) is 7.57. The third kappa shape index (κ3) is 5.29. The lowest BCUT2D eigenvalue weighted by Gasteiger charge is -2.36. The summed E-state index contributed by atoms with van der Waals surface area (Å²) < 4.78 is 26.6. The minimum atomic E-state index is -0.236. The van der Waals surface area contributed by atoms with Crippen molar-refractivity contribution in [3.8, 4) is 0 Å². The molecule has 2 aromatic carbocycles. The molecule has 3 rings (SSSR count). The van der Waals surface area contributed by atoms with Crippen molar-refractivity contribution in [1.82, 2.24) is 10.2 Å². The van der Waals surface area contributed by atoms with E-state index in [9.17, 15) is 8.78 Å². The van der Waals surface area contributed by atoms with Crippen LogP contribution in [0.2, 0.25) is 0 Å². The number of benzene rings is 2. The minimum absolute atomic E-state index is 0.0777. The van der Waals surface area contributed by atoms with Crippen LogP contribution in [0, 0.1) is 11.6 Å². The van der Waals surface area contributed by atoms with Crippen LogP contribution in [0.1, 0.15) is 30.2 Å². The van der Waals surface area contributed by atoms with Gasteiger partial charge in [-0.25, -0.2) is 8.78 Å². The Bertz CT molecular complexity index is 635. The highest BCUT2D eigenvalue weighted by atomic mass is 32.2. The summed E-state index contributed by atoms with van der Waals surface area (Å²) in [5, 5.41) is 3.63. The highest BCUT2D eigenvalue weighted by Crippen LogP contribution is 2.35. The lowest BCUT2D eigenvalue weighted by Crippen LogP contribution is -2.54. The van der Waals surface area contributed by atoms with Crippen LogP contribution in [0.3, 0.4) is 0 Å². The summed E-state index contributed by atoms with van der Waals surface area (Å²) in [6.07, 6.45) is 0. The maximum atomic E-state index is 13.3. The minimum Gasteiger partial charge on any atom is -0.309 e. The lowest BCUT2D eigenvalue weighted by molar-refractivity contribution is 0.183. The molecule has 140 valence electrons. The standard InChI is InChI=1S/C21H26F2N2S/c1-15-13-25(14-16(2)24-15)11-12-26-21(17-3-7-19(22)8-4-17)18-5-9-20(23)10-6-18/h3-10,15-16,21,24H,11-14H2,1-2H3/t15-,16+. The fraction of sp³-hybridized carbons (Fsp3) is 0.429. The van der Waals surface area contributed by atoms with Crippen LogP contribution in [0.15, 0.2) is 48.5 Å². The summed E-state index contributed by atoms with van der Waals surface area (Å²) in [6, 6.07) is 14.3. The molecular formula is C21H26F2N2S. The molecule has 0 aromatic heterocycles. The normalized spacial score (nSPS) is 21.3. The molecule has 1 aliphatic rings. The number of thioether (sulfide) groups is 1. The van der Waals surface area contributed by atoms with Crippen molar-refractivity contribution in [2.45, 2.75) is 31.2 Å². The van der Waals surface area contributed by atoms with E-state index in [1.165, 1.54) is 24.3 Å². The maximum Gasteiger partial charge on any atom is 0.123 e. The Morgan fingerprint density at radius 3 is 1.85 bits per heavy atom. The number of nitrogens with one attached hydrogen (secondary N) is 1. The van der Waals surface area contributed by atoms with Gasteiger partial charge in [0.2, 0.25) is 0 Å². The largest absolute Gasteiger partial charge is 0.309 e. The number of hydrogen-bond donors (Lipinski definition) is 1. The molecule has 1 fully saturated rings. The Labute approximate surface area is 159 Å². The zero-order chi connectivity index (χ0) is 18.5. The molecule has 2 aromatic rings. The third-order valence-electron chi connectivity index (χ3n) is 4.67. The summed E-state index contributed by atoms with van der Waals surface area (Å²) in [7, 11) is 0. The van der Waals surface area contributed by atoms with Gasteiger partial charge in [0, 0.05) is 37.5 Å². The second-order valence-corrected chi connectivity index (χ2v) is 8.30. The smallest absolute Gasteiger partial charge is 0.123 e. The van der Waals surface area contributed by atoms with Crippen LogP contribution < -0.4 is 5.32 Å². The Morgan fingerprint density at radius 1 is 0.923 bits per heavy atom. The van der Waals surface area contributed by atoms with Crippen molar-refractivity contribution in [3.63, 3.8) is 0 Å². The molecule has 0 spiro atoms. The molecule has 5 heteroatoms. The second-order valence-electron chi connectivity index (χ2n) is 7.08. The second kappa shape index (κ2) is 8.98. The lowest BCUT2D eigenvalue weighted by atomic mass is 10.0. The molecule has 26 heavy (non-hydrogen) atoms. The molecule has 0 radical (unpaired) electrons. The van der Waals surface area contributed by atoms with E-state index in [4.69, 9.17) is 0 Å². The van der Waals surface area contributed by atoms with Crippen molar-refractivity contribution in [2.75, 3.05) is 25.4 Å². The Hall–Kier alpha value is -1.43. The van der Waals surface area contributed by atoms with Gasteiger partial charge in [-0.15, -0.1) is 11.8 Å². The molecule has 0 bridgehead atoms. The first-order chi connectivity index (χ1) is 12.5. The molecular weight excluding hydrogens is 350 g/mol. The Balaban J connectivity index is 1.67. The van der Waals surface area contributed by atoms with Gasteiger partial charge < -0.3 is 5.32 Å². The van der Waals surface area contributed by atoms with E-state index in [-0.39, 0.29) is 16.9 Å².